The van der Waals surface area contributed by atoms with Crippen LogP contribution in [0.25, 0.3) is 0 Å². The SMILES string of the molecule is CC(C)C[C@H]1CC[C@@H]2C[C@H]1C2(C)C. The first-order valence-corrected chi connectivity index (χ1v) is 6.01. The molecule has 0 amide bonds. The van der Waals surface area contributed by atoms with E-state index < -0.39 is 0 Å². The highest BCUT2D eigenvalue weighted by atomic mass is 14.6. The summed E-state index contributed by atoms with van der Waals surface area (Å²) in [5.74, 6) is 4.09. The molecule has 3 atom stereocenters. The van der Waals surface area contributed by atoms with Gasteiger partial charge in [0.2, 0.25) is 0 Å². The maximum atomic E-state index is 2.50. The zero-order valence-corrected chi connectivity index (χ0v) is 9.64. The number of rotatable bonds is 2. The average Bonchev–Trinajstić information content (AvgIpc) is 2.03. The van der Waals surface area contributed by atoms with E-state index in [9.17, 15) is 0 Å². The van der Waals surface area contributed by atoms with Crippen LogP contribution in [-0.4, -0.2) is 0 Å². The molecule has 3 fully saturated rings. The van der Waals surface area contributed by atoms with Gasteiger partial charge >= 0.3 is 0 Å². The molecule has 3 aliphatic rings. The van der Waals surface area contributed by atoms with Crippen molar-refractivity contribution in [1.29, 1.82) is 0 Å². The third-order valence-corrected chi connectivity index (χ3v) is 4.78. The highest BCUT2D eigenvalue weighted by Gasteiger charge is 2.53. The molecule has 0 N–H and O–H groups in total. The second-order valence-corrected chi connectivity index (χ2v) is 6.33. The second kappa shape index (κ2) is 3.00. The molecule has 0 aromatic carbocycles. The summed E-state index contributed by atoms with van der Waals surface area (Å²) in [4.78, 5) is 0. The fraction of sp³-hybridized carbons (Fsp3) is 1.00. The lowest BCUT2D eigenvalue weighted by molar-refractivity contribution is -0.109. The van der Waals surface area contributed by atoms with Crippen LogP contribution >= 0.6 is 0 Å². The molecule has 3 saturated carbocycles. The van der Waals surface area contributed by atoms with Crippen molar-refractivity contribution in [2.45, 2.75) is 53.4 Å². The Bertz CT molecular complexity index is 188. The summed E-state index contributed by atoms with van der Waals surface area (Å²) in [5, 5.41) is 0. The van der Waals surface area contributed by atoms with Crippen LogP contribution in [0.4, 0.5) is 0 Å². The standard InChI is InChI=1S/C13H24/c1-9(2)7-10-5-6-11-8-12(10)13(11,3)4/h9-12H,5-8H2,1-4H3/t10-,11-,12-/m1/s1. The van der Waals surface area contributed by atoms with E-state index in [1.165, 1.54) is 19.3 Å². The van der Waals surface area contributed by atoms with Crippen LogP contribution in [0.2, 0.25) is 0 Å². The molecule has 0 nitrogen and oxygen atoms in total. The number of hydrogen-bond acceptors (Lipinski definition) is 0. The van der Waals surface area contributed by atoms with Crippen LogP contribution in [-0.2, 0) is 0 Å². The average molecular weight is 180 g/mol. The summed E-state index contributed by atoms with van der Waals surface area (Å²) in [6, 6.07) is 0. The van der Waals surface area contributed by atoms with Crippen LogP contribution in [0.3, 0.4) is 0 Å². The van der Waals surface area contributed by atoms with Crippen molar-refractivity contribution in [3.63, 3.8) is 0 Å². The Balaban J connectivity index is 1.99. The maximum absolute atomic E-state index is 2.50. The second-order valence-electron chi connectivity index (χ2n) is 6.33. The monoisotopic (exact) mass is 180 g/mol. The summed E-state index contributed by atoms with van der Waals surface area (Å²) in [5.41, 5.74) is 0.692. The predicted molar refractivity (Wildman–Crippen MR) is 57.6 cm³/mol. The first kappa shape index (κ1) is 9.55. The Labute approximate surface area is 83.1 Å². The van der Waals surface area contributed by atoms with Gasteiger partial charge in [0.1, 0.15) is 0 Å². The molecule has 2 bridgehead atoms. The van der Waals surface area contributed by atoms with Crippen LogP contribution in [0.15, 0.2) is 0 Å². The molecule has 0 aromatic rings. The lowest BCUT2D eigenvalue weighted by atomic mass is 9.45. The van der Waals surface area contributed by atoms with Gasteiger partial charge in [0.25, 0.3) is 0 Å². The number of hydrogen-bond donors (Lipinski definition) is 0. The zero-order chi connectivity index (χ0) is 9.64. The Kier molecular flexibility index (Phi) is 2.20. The molecule has 76 valence electrons. The van der Waals surface area contributed by atoms with Crippen molar-refractivity contribution < 1.29 is 0 Å². The largest absolute Gasteiger partial charge is 0.0628 e. The van der Waals surface area contributed by atoms with E-state index in [2.05, 4.69) is 27.7 Å². The Hall–Kier alpha value is 0. The third-order valence-electron chi connectivity index (χ3n) is 4.78. The van der Waals surface area contributed by atoms with E-state index >= 15 is 0 Å². The van der Waals surface area contributed by atoms with Gasteiger partial charge in [0, 0.05) is 0 Å². The summed E-state index contributed by atoms with van der Waals surface area (Å²) >= 11 is 0. The van der Waals surface area contributed by atoms with Crippen molar-refractivity contribution in [2.75, 3.05) is 0 Å². The molecule has 0 unspecified atom stereocenters. The summed E-state index contributed by atoms with van der Waals surface area (Å²) in [7, 11) is 0. The highest BCUT2D eigenvalue weighted by Crippen LogP contribution is 2.62. The van der Waals surface area contributed by atoms with E-state index in [0.29, 0.717) is 5.41 Å². The van der Waals surface area contributed by atoms with Crippen LogP contribution in [0.1, 0.15) is 53.4 Å². The van der Waals surface area contributed by atoms with Crippen molar-refractivity contribution in [3.8, 4) is 0 Å². The maximum Gasteiger partial charge on any atom is -0.0295 e. The van der Waals surface area contributed by atoms with Gasteiger partial charge in [-0.15, -0.1) is 0 Å². The molecule has 3 rings (SSSR count). The van der Waals surface area contributed by atoms with Gasteiger partial charge in [-0.05, 0) is 54.8 Å². The molecule has 3 aliphatic carbocycles. The highest BCUT2D eigenvalue weighted by molar-refractivity contribution is 5.03. The fourth-order valence-corrected chi connectivity index (χ4v) is 3.85. The Morgan fingerprint density at radius 3 is 2.38 bits per heavy atom. The smallest absolute Gasteiger partial charge is 0.0295 e. The van der Waals surface area contributed by atoms with E-state index in [1.807, 2.05) is 0 Å². The van der Waals surface area contributed by atoms with E-state index in [0.717, 1.165) is 23.7 Å². The lowest BCUT2D eigenvalue weighted by Crippen LogP contribution is -2.52. The van der Waals surface area contributed by atoms with E-state index in [-0.39, 0.29) is 0 Å². The predicted octanol–water partition coefficient (Wildman–Crippen LogP) is 4.10. The molecule has 0 aromatic heterocycles. The fourth-order valence-electron chi connectivity index (χ4n) is 3.85. The van der Waals surface area contributed by atoms with Crippen LogP contribution < -0.4 is 0 Å². The first-order valence-electron chi connectivity index (χ1n) is 6.01. The molecule has 0 heteroatoms. The lowest BCUT2D eigenvalue weighted by Gasteiger charge is -2.60. The Morgan fingerprint density at radius 2 is 1.92 bits per heavy atom. The van der Waals surface area contributed by atoms with Crippen LogP contribution in [0, 0.1) is 29.1 Å². The van der Waals surface area contributed by atoms with Gasteiger partial charge in [0.05, 0.1) is 0 Å². The van der Waals surface area contributed by atoms with Crippen molar-refractivity contribution in [3.05, 3.63) is 0 Å². The molecular formula is C13H24. The minimum Gasteiger partial charge on any atom is -0.0628 e. The third kappa shape index (κ3) is 1.43. The van der Waals surface area contributed by atoms with Gasteiger partial charge < -0.3 is 0 Å². The van der Waals surface area contributed by atoms with Crippen LogP contribution in [0.5, 0.6) is 0 Å². The molecule has 0 aliphatic heterocycles. The van der Waals surface area contributed by atoms with Gasteiger partial charge in [-0.25, -0.2) is 0 Å². The topological polar surface area (TPSA) is 0 Å². The molecular weight excluding hydrogens is 156 g/mol. The van der Waals surface area contributed by atoms with E-state index in [1.54, 1.807) is 6.42 Å². The van der Waals surface area contributed by atoms with Gasteiger partial charge in [-0.2, -0.15) is 0 Å². The minimum absolute atomic E-state index is 0.692. The summed E-state index contributed by atoms with van der Waals surface area (Å²) < 4.78 is 0. The summed E-state index contributed by atoms with van der Waals surface area (Å²) in [6.45, 7) is 9.74. The molecule has 13 heavy (non-hydrogen) atoms. The summed E-state index contributed by atoms with van der Waals surface area (Å²) in [6.07, 6.45) is 6.06. The zero-order valence-electron chi connectivity index (χ0n) is 9.64. The number of fused-ring (bicyclic) bond motifs is 2. The van der Waals surface area contributed by atoms with Gasteiger partial charge in [-0.3, -0.25) is 0 Å². The minimum atomic E-state index is 0.692. The quantitative estimate of drug-likeness (QED) is 0.600. The Morgan fingerprint density at radius 1 is 1.23 bits per heavy atom. The molecule has 0 spiro atoms. The van der Waals surface area contributed by atoms with Crippen molar-refractivity contribution in [2.24, 2.45) is 29.1 Å². The van der Waals surface area contributed by atoms with Gasteiger partial charge in [-0.1, -0.05) is 27.7 Å². The first-order chi connectivity index (χ1) is 6.01. The normalized spacial score (nSPS) is 41.8. The molecule has 0 radical (unpaired) electrons. The molecule has 0 saturated heterocycles. The van der Waals surface area contributed by atoms with E-state index in [4.69, 9.17) is 0 Å². The van der Waals surface area contributed by atoms with Crippen molar-refractivity contribution >= 4 is 0 Å². The molecule has 0 heterocycles. The van der Waals surface area contributed by atoms with Gasteiger partial charge in [0.15, 0.2) is 0 Å². The van der Waals surface area contributed by atoms with Crippen molar-refractivity contribution in [1.82, 2.24) is 0 Å².